The molecule has 1 N–H and O–H groups in total. The molecule has 1 heterocycles. The third kappa shape index (κ3) is 2.92. The van der Waals surface area contributed by atoms with Gasteiger partial charge >= 0.3 is 0 Å². The highest BCUT2D eigenvalue weighted by atomic mass is 35.5. The average molecular weight is 305 g/mol. The van der Waals surface area contributed by atoms with Gasteiger partial charge < -0.3 is 4.74 Å². The Hall–Kier alpha value is -1.31. The number of halogens is 1. The number of nitrogens with one attached hydrogen (secondary N) is 1. The summed E-state index contributed by atoms with van der Waals surface area (Å²) in [4.78, 5) is 3.70. The molecule has 0 amide bonds. The van der Waals surface area contributed by atoms with Crippen molar-refractivity contribution in [1.82, 2.24) is 4.98 Å². The smallest absolute Gasteiger partial charge is 0.273 e. The topological polar surface area (TPSA) is 68.3 Å². The van der Waals surface area contributed by atoms with Gasteiger partial charge in [0, 0.05) is 5.69 Å². The summed E-state index contributed by atoms with van der Waals surface area (Å²) in [7, 11) is -2.09. The van der Waals surface area contributed by atoms with E-state index in [0.29, 0.717) is 11.4 Å². The lowest BCUT2D eigenvalue weighted by atomic mass is 10.3. The van der Waals surface area contributed by atoms with Crippen LogP contribution in [0.5, 0.6) is 5.75 Å². The van der Waals surface area contributed by atoms with Crippen LogP contribution in [-0.2, 0) is 10.0 Å². The first-order valence-corrected chi connectivity index (χ1v) is 7.47. The van der Waals surface area contributed by atoms with Crippen molar-refractivity contribution in [1.29, 1.82) is 0 Å². The fourth-order valence-corrected chi connectivity index (χ4v) is 3.58. The molecule has 8 heteroatoms. The maximum Gasteiger partial charge on any atom is 0.273 e. The fraction of sp³-hybridized carbons (Fsp3) is 0.100. The summed E-state index contributed by atoms with van der Waals surface area (Å²) >= 11 is 6.51. The van der Waals surface area contributed by atoms with Gasteiger partial charge in [-0.3, -0.25) is 4.72 Å². The lowest BCUT2D eigenvalue weighted by Crippen LogP contribution is -2.11. The van der Waals surface area contributed by atoms with Gasteiger partial charge in [-0.25, -0.2) is 13.4 Å². The van der Waals surface area contributed by atoms with Gasteiger partial charge in [0.25, 0.3) is 10.0 Å². The molecule has 96 valence electrons. The Balaban J connectivity index is 2.22. The van der Waals surface area contributed by atoms with Crippen LogP contribution in [0.15, 0.2) is 34.7 Å². The van der Waals surface area contributed by atoms with Crippen LogP contribution in [0.4, 0.5) is 5.69 Å². The van der Waals surface area contributed by atoms with E-state index >= 15 is 0 Å². The van der Waals surface area contributed by atoms with Crippen LogP contribution in [0.25, 0.3) is 0 Å². The second-order valence-electron chi connectivity index (χ2n) is 3.27. The van der Waals surface area contributed by atoms with E-state index < -0.39 is 10.0 Å². The number of hydrogen-bond donors (Lipinski definition) is 1. The molecule has 2 aromatic rings. The van der Waals surface area contributed by atoms with Crippen LogP contribution in [0.1, 0.15) is 0 Å². The average Bonchev–Trinajstić information content (AvgIpc) is 2.77. The summed E-state index contributed by atoms with van der Waals surface area (Å²) < 4.78 is 31.5. The summed E-state index contributed by atoms with van der Waals surface area (Å²) in [5, 5.41) is 0. The SMILES string of the molecule is COc1ccc(NS(=O)(=O)c2cnc(Cl)s2)cc1. The lowest BCUT2D eigenvalue weighted by Gasteiger charge is -2.06. The molecule has 0 aliphatic rings. The molecule has 0 saturated carbocycles. The zero-order valence-electron chi connectivity index (χ0n) is 9.25. The minimum absolute atomic E-state index is 0.0725. The van der Waals surface area contributed by atoms with E-state index in [0.717, 1.165) is 11.3 Å². The Morgan fingerprint density at radius 2 is 2.00 bits per heavy atom. The largest absolute Gasteiger partial charge is 0.497 e. The Bertz CT molecular complexity index is 637. The molecule has 1 aromatic carbocycles. The summed E-state index contributed by atoms with van der Waals surface area (Å²) in [6.07, 6.45) is 1.22. The highest BCUT2D eigenvalue weighted by Gasteiger charge is 2.17. The van der Waals surface area contributed by atoms with Crippen LogP contribution in [0.3, 0.4) is 0 Å². The molecule has 0 unspecified atom stereocenters. The molecule has 0 saturated heterocycles. The zero-order valence-corrected chi connectivity index (χ0v) is 11.6. The van der Waals surface area contributed by atoms with E-state index in [4.69, 9.17) is 16.3 Å². The lowest BCUT2D eigenvalue weighted by molar-refractivity contribution is 0.415. The quantitative estimate of drug-likeness (QED) is 0.942. The van der Waals surface area contributed by atoms with E-state index in [1.807, 2.05) is 0 Å². The van der Waals surface area contributed by atoms with Crippen LogP contribution in [-0.4, -0.2) is 20.5 Å². The van der Waals surface area contributed by atoms with Crippen molar-refractivity contribution in [2.45, 2.75) is 4.21 Å². The van der Waals surface area contributed by atoms with Gasteiger partial charge in [-0.05, 0) is 24.3 Å². The molecule has 0 radical (unpaired) electrons. The number of hydrogen-bond acceptors (Lipinski definition) is 5. The third-order valence-electron chi connectivity index (χ3n) is 2.06. The minimum Gasteiger partial charge on any atom is -0.497 e. The van der Waals surface area contributed by atoms with Crippen molar-refractivity contribution >= 4 is 38.6 Å². The first-order valence-electron chi connectivity index (χ1n) is 4.79. The van der Waals surface area contributed by atoms with Crippen molar-refractivity contribution in [3.63, 3.8) is 0 Å². The fourth-order valence-electron chi connectivity index (χ4n) is 1.23. The second kappa shape index (κ2) is 5.13. The van der Waals surface area contributed by atoms with Crippen molar-refractivity contribution in [2.75, 3.05) is 11.8 Å². The van der Waals surface area contributed by atoms with Gasteiger partial charge in [-0.1, -0.05) is 22.9 Å². The van der Waals surface area contributed by atoms with Gasteiger partial charge in [0.15, 0.2) is 8.68 Å². The molecule has 18 heavy (non-hydrogen) atoms. The second-order valence-corrected chi connectivity index (χ2v) is 6.79. The Morgan fingerprint density at radius 3 is 2.50 bits per heavy atom. The number of anilines is 1. The number of rotatable bonds is 4. The number of nitrogens with zero attached hydrogens (tertiary/aromatic N) is 1. The molecule has 0 atom stereocenters. The van der Waals surface area contributed by atoms with Gasteiger partial charge in [0.2, 0.25) is 0 Å². The van der Waals surface area contributed by atoms with Crippen LogP contribution < -0.4 is 9.46 Å². The summed E-state index contributed by atoms with van der Waals surface area (Å²) in [6.45, 7) is 0. The molecule has 0 fully saturated rings. The van der Waals surface area contributed by atoms with Crippen molar-refractivity contribution in [2.24, 2.45) is 0 Å². The summed E-state index contributed by atoms with van der Waals surface area (Å²) in [6, 6.07) is 6.55. The molecule has 0 bridgehead atoms. The predicted octanol–water partition coefficient (Wildman–Crippen LogP) is 2.61. The summed E-state index contributed by atoms with van der Waals surface area (Å²) in [5.74, 6) is 0.652. The van der Waals surface area contributed by atoms with Gasteiger partial charge in [-0.2, -0.15) is 0 Å². The maximum absolute atomic E-state index is 11.9. The number of thiazole rings is 1. The van der Waals surface area contributed by atoms with Crippen molar-refractivity contribution < 1.29 is 13.2 Å². The molecule has 0 aliphatic heterocycles. The molecular weight excluding hydrogens is 296 g/mol. The van der Waals surface area contributed by atoms with E-state index in [1.54, 1.807) is 31.4 Å². The molecule has 0 aliphatic carbocycles. The number of methoxy groups -OCH3 is 1. The standard InChI is InChI=1S/C10H9ClN2O3S2/c1-16-8-4-2-7(3-5-8)13-18(14,15)9-6-12-10(11)17-9/h2-6,13H,1H3. The Labute approximate surface area is 113 Å². The Kier molecular flexibility index (Phi) is 3.74. The van der Waals surface area contributed by atoms with Crippen LogP contribution in [0.2, 0.25) is 4.47 Å². The van der Waals surface area contributed by atoms with Gasteiger partial charge in [0.05, 0.1) is 13.3 Å². The van der Waals surface area contributed by atoms with Gasteiger partial charge in [0.1, 0.15) is 5.75 Å². The first-order chi connectivity index (χ1) is 8.51. The summed E-state index contributed by atoms with van der Waals surface area (Å²) in [5.41, 5.74) is 0.445. The van der Waals surface area contributed by atoms with E-state index in [9.17, 15) is 8.42 Å². The highest BCUT2D eigenvalue weighted by molar-refractivity contribution is 7.94. The normalized spacial score (nSPS) is 11.2. The highest BCUT2D eigenvalue weighted by Crippen LogP contribution is 2.25. The van der Waals surface area contributed by atoms with Crippen molar-refractivity contribution in [3.8, 4) is 5.75 Å². The first kappa shape index (κ1) is 13.1. The molecule has 2 rings (SSSR count). The van der Waals surface area contributed by atoms with Crippen molar-refractivity contribution in [3.05, 3.63) is 34.9 Å². The number of ether oxygens (including phenoxy) is 1. The zero-order chi connectivity index (χ0) is 13.2. The Morgan fingerprint density at radius 1 is 1.33 bits per heavy atom. The maximum atomic E-state index is 11.9. The number of benzene rings is 1. The van der Waals surface area contributed by atoms with Gasteiger partial charge in [-0.15, -0.1) is 0 Å². The monoisotopic (exact) mass is 304 g/mol. The molecule has 1 aromatic heterocycles. The van der Waals surface area contributed by atoms with E-state index in [1.165, 1.54) is 6.20 Å². The molecule has 5 nitrogen and oxygen atoms in total. The third-order valence-corrected chi connectivity index (χ3v) is 5.02. The van der Waals surface area contributed by atoms with Crippen LogP contribution in [0, 0.1) is 0 Å². The van der Waals surface area contributed by atoms with Crippen LogP contribution >= 0.6 is 22.9 Å². The molecular formula is C10H9ClN2O3S2. The minimum atomic E-state index is -3.63. The van der Waals surface area contributed by atoms with E-state index in [2.05, 4.69) is 9.71 Å². The number of sulfonamides is 1. The molecule has 0 spiro atoms. The van der Waals surface area contributed by atoms with E-state index in [-0.39, 0.29) is 8.68 Å². The number of aromatic nitrogens is 1. The predicted molar refractivity (Wildman–Crippen MR) is 70.9 cm³/mol.